The van der Waals surface area contributed by atoms with Crippen LogP contribution in [0.5, 0.6) is 0 Å². The summed E-state index contributed by atoms with van der Waals surface area (Å²) >= 11 is 9.77. The summed E-state index contributed by atoms with van der Waals surface area (Å²) in [5.74, 6) is 0. The van der Waals surface area contributed by atoms with Gasteiger partial charge in [0.15, 0.2) is 0 Å². The van der Waals surface area contributed by atoms with Crippen molar-refractivity contribution >= 4 is 29.0 Å². The van der Waals surface area contributed by atoms with Crippen LogP contribution in [-0.2, 0) is 0 Å². The van der Waals surface area contributed by atoms with Gasteiger partial charge in [0.1, 0.15) is 0 Å². The molecule has 0 saturated heterocycles. The van der Waals surface area contributed by atoms with Gasteiger partial charge in [-0.25, -0.2) is 4.99 Å². The monoisotopic (exact) mass is 135 g/mol. The van der Waals surface area contributed by atoms with Gasteiger partial charge in [0.05, 0.1) is 17.1 Å². The molecule has 40 valence electrons. The molecular weight excluding hydrogens is 130 g/mol. The molecule has 0 saturated carbocycles. The molecule has 0 radical (unpaired) electrons. The minimum atomic E-state index is 0.0791. The molecular formula is C4H6ClNS. The molecule has 3 heteroatoms. The van der Waals surface area contributed by atoms with Crippen LogP contribution in [0.2, 0.25) is 0 Å². The minimum Gasteiger partial charge on any atom is -0.231 e. The number of thiocarbonyl (C=S) groups is 1. The van der Waals surface area contributed by atoms with Crippen LogP contribution in [0.25, 0.3) is 0 Å². The van der Waals surface area contributed by atoms with Crippen molar-refractivity contribution in [3.8, 4) is 0 Å². The summed E-state index contributed by atoms with van der Waals surface area (Å²) in [6.45, 7) is 2.43. The fourth-order valence-corrected chi connectivity index (χ4v) is 0.307. The normalized spacial score (nSPS) is 12.3. The lowest BCUT2D eigenvalue weighted by Crippen LogP contribution is -1.93. The molecule has 0 aromatic rings. The quantitative estimate of drug-likeness (QED) is 0.319. The lowest BCUT2D eigenvalue weighted by Gasteiger charge is -1.88. The Kier molecular flexibility index (Phi) is 4.31. The number of aliphatic imine (C=N–C) groups is 1. The molecule has 0 amide bonds. The van der Waals surface area contributed by atoms with Gasteiger partial charge in [-0.3, -0.25) is 0 Å². The van der Waals surface area contributed by atoms with E-state index in [2.05, 4.69) is 22.4 Å². The lowest BCUT2D eigenvalue weighted by atomic mass is 10.5. The van der Waals surface area contributed by atoms with E-state index in [9.17, 15) is 0 Å². The van der Waals surface area contributed by atoms with Gasteiger partial charge in [0, 0.05) is 0 Å². The van der Waals surface area contributed by atoms with E-state index in [4.69, 9.17) is 11.6 Å². The van der Waals surface area contributed by atoms with Crippen molar-refractivity contribution in [1.82, 2.24) is 0 Å². The fraction of sp³-hybridized carbons (Fsp3) is 0.750. The van der Waals surface area contributed by atoms with Gasteiger partial charge < -0.3 is 0 Å². The topological polar surface area (TPSA) is 12.4 Å². The molecule has 0 N–H and O–H groups in total. The highest BCUT2D eigenvalue weighted by Crippen LogP contribution is 1.90. The highest BCUT2D eigenvalue weighted by Gasteiger charge is 1.88. The summed E-state index contributed by atoms with van der Waals surface area (Å²) in [6.07, 6.45) is 0. The standard InChI is InChI=1S/C4H6ClNS/c1-4(5)2-6-3-7/h4H,2H2,1H3. The van der Waals surface area contributed by atoms with E-state index < -0.39 is 0 Å². The Morgan fingerprint density at radius 1 is 2.00 bits per heavy atom. The van der Waals surface area contributed by atoms with Crippen LogP contribution in [0.1, 0.15) is 6.92 Å². The van der Waals surface area contributed by atoms with Gasteiger partial charge in [-0.05, 0) is 19.1 Å². The Hall–Kier alpha value is 0.0900. The first-order valence-electron chi connectivity index (χ1n) is 1.95. The summed E-state index contributed by atoms with van der Waals surface area (Å²) in [5.41, 5.74) is 0. The number of rotatable bonds is 2. The Labute approximate surface area is 53.4 Å². The van der Waals surface area contributed by atoms with Gasteiger partial charge >= 0.3 is 0 Å². The van der Waals surface area contributed by atoms with Gasteiger partial charge in [0.25, 0.3) is 0 Å². The highest BCUT2D eigenvalue weighted by molar-refractivity contribution is 7.78. The van der Waals surface area contributed by atoms with Crippen molar-refractivity contribution in [3.63, 3.8) is 0 Å². The molecule has 0 aliphatic rings. The second-order valence-corrected chi connectivity index (χ2v) is 2.14. The van der Waals surface area contributed by atoms with E-state index in [0.29, 0.717) is 6.54 Å². The van der Waals surface area contributed by atoms with Crippen molar-refractivity contribution < 1.29 is 0 Å². The molecule has 0 fully saturated rings. The first kappa shape index (κ1) is 7.09. The summed E-state index contributed by atoms with van der Waals surface area (Å²) in [6, 6.07) is 0. The van der Waals surface area contributed by atoms with E-state index in [-0.39, 0.29) is 5.38 Å². The van der Waals surface area contributed by atoms with Crippen LogP contribution < -0.4 is 0 Å². The third-order valence-electron chi connectivity index (χ3n) is 0.407. The number of alkyl halides is 1. The first-order chi connectivity index (χ1) is 3.27. The number of nitrogens with zero attached hydrogens (tertiary/aromatic N) is 1. The molecule has 7 heavy (non-hydrogen) atoms. The highest BCUT2D eigenvalue weighted by atomic mass is 35.5. The second kappa shape index (κ2) is 4.25. The molecule has 0 heterocycles. The van der Waals surface area contributed by atoms with E-state index in [1.54, 1.807) is 0 Å². The van der Waals surface area contributed by atoms with Crippen LogP contribution in [0.4, 0.5) is 0 Å². The molecule has 0 aliphatic heterocycles. The molecule has 1 nitrogen and oxygen atoms in total. The van der Waals surface area contributed by atoms with Crippen LogP contribution >= 0.6 is 23.8 Å². The largest absolute Gasteiger partial charge is 0.231 e. The lowest BCUT2D eigenvalue weighted by molar-refractivity contribution is 0.948. The molecule has 0 aromatic heterocycles. The van der Waals surface area contributed by atoms with Crippen LogP contribution in [0.15, 0.2) is 4.99 Å². The number of hydrogen-bond donors (Lipinski definition) is 0. The maximum Gasteiger partial charge on any atom is 0.0654 e. The summed E-state index contributed by atoms with van der Waals surface area (Å²) < 4.78 is 0. The molecule has 0 rings (SSSR count). The molecule has 1 atom stereocenters. The van der Waals surface area contributed by atoms with Crippen LogP contribution in [0.3, 0.4) is 0 Å². The summed E-state index contributed by atoms with van der Waals surface area (Å²) in [5, 5.41) is 2.30. The number of isothiocyanates is 1. The second-order valence-electron chi connectivity index (χ2n) is 1.21. The van der Waals surface area contributed by atoms with Crippen molar-refractivity contribution in [2.75, 3.05) is 6.54 Å². The maximum absolute atomic E-state index is 5.48. The molecule has 0 spiro atoms. The molecule has 0 bridgehead atoms. The van der Waals surface area contributed by atoms with Crippen LogP contribution in [-0.4, -0.2) is 17.1 Å². The molecule has 1 unspecified atom stereocenters. The third kappa shape index (κ3) is 6.09. The smallest absolute Gasteiger partial charge is 0.0654 e. The van der Waals surface area contributed by atoms with E-state index >= 15 is 0 Å². The SMILES string of the molecule is CC(Cl)CN=C=S. The Bertz CT molecular complexity index is 85.7. The van der Waals surface area contributed by atoms with Gasteiger partial charge in [0.2, 0.25) is 0 Å². The maximum atomic E-state index is 5.48. The van der Waals surface area contributed by atoms with Crippen molar-refractivity contribution in [3.05, 3.63) is 0 Å². The van der Waals surface area contributed by atoms with E-state index in [1.165, 1.54) is 0 Å². The predicted molar refractivity (Wildman–Crippen MR) is 35.2 cm³/mol. The Balaban J connectivity index is 3.13. The molecule has 0 aromatic carbocycles. The first-order valence-corrected chi connectivity index (χ1v) is 2.79. The van der Waals surface area contributed by atoms with Crippen LogP contribution in [0, 0.1) is 0 Å². The summed E-state index contributed by atoms with van der Waals surface area (Å²) in [7, 11) is 0. The van der Waals surface area contributed by atoms with Crippen molar-refractivity contribution in [2.45, 2.75) is 12.3 Å². The average molecular weight is 136 g/mol. The molecule has 0 aliphatic carbocycles. The van der Waals surface area contributed by atoms with Gasteiger partial charge in [-0.2, -0.15) is 0 Å². The number of halogens is 1. The van der Waals surface area contributed by atoms with E-state index in [1.807, 2.05) is 6.92 Å². The summed E-state index contributed by atoms with van der Waals surface area (Å²) in [4.78, 5) is 3.60. The Morgan fingerprint density at radius 2 is 2.57 bits per heavy atom. The fourth-order valence-electron chi connectivity index (χ4n) is 0.163. The zero-order valence-electron chi connectivity index (χ0n) is 4.02. The Morgan fingerprint density at radius 3 is 2.71 bits per heavy atom. The third-order valence-corrected chi connectivity index (χ3v) is 0.675. The predicted octanol–water partition coefficient (Wildman–Crippen LogP) is 1.72. The van der Waals surface area contributed by atoms with Gasteiger partial charge in [-0.1, -0.05) is 0 Å². The van der Waals surface area contributed by atoms with Crippen molar-refractivity contribution in [1.29, 1.82) is 0 Å². The zero-order valence-corrected chi connectivity index (χ0v) is 5.59. The number of hydrogen-bond acceptors (Lipinski definition) is 2. The minimum absolute atomic E-state index is 0.0791. The zero-order chi connectivity index (χ0) is 5.70. The van der Waals surface area contributed by atoms with E-state index in [0.717, 1.165) is 0 Å². The van der Waals surface area contributed by atoms with Crippen molar-refractivity contribution in [2.24, 2.45) is 4.99 Å². The van der Waals surface area contributed by atoms with Gasteiger partial charge in [-0.15, -0.1) is 11.6 Å². The average Bonchev–Trinajstić information content (AvgIpc) is 1.61.